The molecule has 10 heteroatoms. The second-order valence-corrected chi connectivity index (χ2v) is 9.06. The van der Waals surface area contributed by atoms with Gasteiger partial charge in [0.05, 0.1) is 23.8 Å². The van der Waals surface area contributed by atoms with Gasteiger partial charge in [-0.15, -0.1) is 5.10 Å². The van der Waals surface area contributed by atoms with Gasteiger partial charge in [-0.1, -0.05) is 11.3 Å². The van der Waals surface area contributed by atoms with Crippen LogP contribution >= 0.6 is 0 Å². The highest BCUT2D eigenvalue weighted by Crippen LogP contribution is 2.31. The quantitative estimate of drug-likeness (QED) is 0.348. The lowest BCUT2D eigenvalue weighted by atomic mass is 10.0. The molecular formula is C27H25F2N7O. The number of anilines is 1. The molecule has 1 N–H and O–H groups in total. The highest BCUT2D eigenvalue weighted by atomic mass is 19.1. The first-order valence-corrected chi connectivity index (χ1v) is 11.7. The topological polar surface area (TPSA) is 80.9 Å². The van der Waals surface area contributed by atoms with Crippen molar-refractivity contribution in [2.45, 2.75) is 13.5 Å². The van der Waals surface area contributed by atoms with E-state index in [-0.39, 0.29) is 11.5 Å². The average Bonchev–Trinajstić information content (AvgIpc) is 3.49. The number of fused-ring (bicyclic) bond motifs is 1. The van der Waals surface area contributed by atoms with Crippen LogP contribution in [0.15, 0.2) is 67.1 Å². The maximum Gasteiger partial charge on any atom is 0.221 e. The zero-order chi connectivity index (χ0) is 26.1. The van der Waals surface area contributed by atoms with Crippen molar-refractivity contribution in [2.75, 3.05) is 26.0 Å². The lowest BCUT2D eigenvalue weighted by Crippen LogP contribution is -2.18. The lowest BCUT2D eigenvalue weighted by molar-refractivity contribution is -0.114. The molecule has 2 heterocycles. The van der Waals surface area contributed by atoms with Crippen LogP contribution in [0.4, 0.5) is 14.5 Å². The molecule has 0 aliphatic carbocycles. The second-order valence-electron chi connectivity index (χ2n) is 9.06. The van der Waals surface area contributed by atoms with Crippen LogP contribution in [-0.4, -0.2) is 56.0 Å². The molecule has 37 heavy (non-hydrogen) atoms. The Hall–Kier alpha value is -4.44. The fourth-order valence-electron chi connectivity index (χ4n) is 4.12. The Bertz CT molecular complexity index is 1610. The smallest absolute Gasteiger partial charge is 0.221 e. The molecule has 1 amide bonds. The summed E-state index contributed by atoms with van der Waals surface area (Å²) in [5, 5.41) is 11.3. The van der Waals surface area contributed by atoms with Gasteiger partial charge in [0, 0.05) is 42.0 Å². The van der Waals surface area contributed by atoms with E-state index in [0.717, 1.165) is 41.4 Å². The van der Waals surface area contributed by atoms with Gasteiger partial charge in [0.2, 0.25) is 5.91 Å². The molecule has 0 bridgehead atoms. The van der Waals surface area contributed by atoms with E-state index < -0.39 is 11.6 Å². The Labute approximate surface area is 212 Å². The van der Waals surface area contributed by atoms with E-state index in [4.69, 9.17) is 0 Å². The molecule has 0 radical (unpaired) electrons. The summed E-state index contributed by atoms with van der Waals surface area (Å²) < 4.78 is 31.7. The Balaban J connectivity index is 1.53. The van der Waals surface area contributed by atoms with Gasteiger partial charge in [0.15, 0.2) is 0 Å². The average molecular weight is 502 g/mol. The molecule has 2 aromatic heterocycles. The lowest BCUT2D eigenvalue weighted by Gasteiger charge is -2.13. The zero-order valence-electron chi connectivity index (χ0n) is 20.6. The number of carbonyl (C=O) groups is 1. The molecule has 8 nitrogen and oxygen atoms in total. The van der Waals surface area contributed by atoms with Gasteiger partial charge in [0.1, 0.15) is 23.7 Å². The molecule has 0 atom stereocenters. The van der Waals surface area contributed by atoms with Crippen molar-refractivity contribution in [1.29, 1.82) is 0 Å². The molecule has 3 aromatic carbocycles. The molecule has 0 saturated carbocycles. The summed E-state index contributed by atoms with van der Waals surface area (Å²) >= 11 is 0. The van der Waals surface area contributed by atoms with Gasteiger partial charge in [-0.25, -0.2) is 13.8 Å². The number of nitrogens with zero attached hydrogens (tertiary/aromatic N) is 6. The molecule has 0 spiro atoms. The molecule has 0 unspecified atom stereocenters. The van der Waals surface area contributed by atoms with Crippen LogP contribution in [0.25, 0.3) is 39.1 Å². The predicted molar refractivity (Wildman–Crippen MR) is 138 cm³/mol. The van der Waals surface area contributed by atoms with E-state index in [9.17, 15) is 13.6 Å². The third-order valence-corrected chi connectivity index (χ3v) is 5.92. The number of likely N-dealkylation sites (N-methyl/N-ethyl adjacent to an activating group) is 1. The summed E-state index contributed by atoms with van der Waals surface area (Å²) in [4.78, 5) is 18.4. The fraction of sp³-hybridized carbons (Fsp3) is 0.185. The van der Waals surface area contributed by atoms with E-state index in [1.807, 2.05) is 47.7 Å². The summed E-state index contributed by atoms with van der Waals surface area (Å²) in [5.41, 5.74) is 5.04. The molecule has 5 rings (SSSR count). The van der Waals surface area contributed by atoms with Crippen molar-refractivity contribution in [1.82, 2.24) is 29.4 Å². The third-order valence-electron chi connectivity index (χ3n) is 5.92. The first kappa shape index (κ1) is 24.3. The van der Waals surface area contributed by atoms with Gasteiger partial charge in [-0.3, -0.25) is 14.0 Å². The molecule has 0 aliphatic heterocycles. The van der Waals surface area contributed by atoms with Crippen molar-refractivity contribution in [3.05, 3.63) is 78.8 Å². The molecule has 5 aromatic rings. The number of nitrogens with one attached hydrogen (secondary N) is 1. The minimum atomic E-state index is -0.690. The number of hydrogen-bond acceptors (Lipinski definition) is 5. The van der Waals surface area contributed by atoms with Gasteiger partial charge in [-0.05, 0) is 62.1 Å². The van der Waals surface area contributed by atoms with E-state index in [1.165, 1.54) is 19.1 Å². The standard InChI is InChI=1S/C27H25F2N7O/c1-17(37)31-21-10-19(23-6-5-20(28)13-24(23)29)11-22(14-21)36-16-30-25-12-18(4-7-27(25)36)26-15-35(33-32-26)9-8-34(2)3/h4-7,10-16H,8-9H2,1-3H3,(H,31,37). The van der Waals surface area contributed by atoms with Crippen molar-refractivity contribution in [3.63, 3.8) is 0 Å². The summed E-state index contributed by atoms with van der Waals surface area (Å²) in [7, 11) is 4.01. The SMILES string of the molecule is CC(=O)Nc1cc(-c2ccc(F)cc2F)cc(-n2cnc3cc(-c4cn(CCN(C)C)nn4)ccc32)c1. The van der Waals surface area contributed by atoms with Crippen LogP contribution in [0, 0.1) is 11.6 Å². The van der Waals surface area contributed by atoms with Crippen molar-refractivity contribution >= 4 is 22.6 Å². The van der Waals surface area contributed by atoms with Gasteiger partial charge >= 0.3 is 0 Å². The van der Waals surface area contributed by atoms with Crippen molar-refractivity contribution < 1.29 is 13.6 Å². The van der Waals surface area contributed by atoms with E-state index in [1.54, 1.807) is 24.5 Å². The number of imidazole rings is 1. The number of amides is 1. The Morgan fingerprint density at radius 2 is 1.86 bits per heavy atom. The third kappa shape index (κ3) is 5.24. The summed E-state index contributed by atoms with van der Waals surface area (Å²) in [6.45, 7) is 2.99. The van der Waals surface area contributed by atoms with E-state index in [0.29, 0.717) is 16.9 Å². The summed E-state index contributed by atoms with van der Waals surface area (Å²) in [6.07, 6.45) is 3.57. The van der Waals surface area contributed by atoms with Crippen molar-refractivity contribution in [2.24, 2.45) is 0 Å². The second kappa shape index (κ2) is 9.90. The first-order valence-electron chi connectivity index (χ1n) is 11.7. The minimum Gasteiger partial charge on any atom is -0.326 e. The van der Waals surface area contributed by atoms with Crippen LogP contribution in [0.1, 0.15) is 6.92 Å². The number of hydrogen-bond donors (Lipinski definition) is 1. The van der Waals surface area contributed by atoms with Crippen LogP contribution in [0.2, 0.25) is 0 Å². The molecular weight excluding hydrogens is 476 g/mol. The molecule has 188 valence electrons. The van der Waals surface area contributed by atoms with Crippen LogP contribution in [-0.2, 0) is 11.3 Å². The number of aromatic nitrogens is 5. The number of halogens is 2. The monoisotopic (exact) mass is 501 g/mol. The molecule has 0 saturated heterocycles. The van der Waals surface area contributed by atoms with Gasteiger partial charge in [0.25, 0.3) is 0 Å². The van der Waals surface area contributed by atoms with Gasteiger partial charge < -0.3 is 10.2 Å². The first-order chi connectivity index (χ1) is 17.8. The van der Waals surface area contributed by atoms with Gasteiger partial charge in [-0.2, -0.15) is 0 Å². The summed E-state index contributed by atoms with van der Waals surface area (Å²) in [5.74, 6) is -1.61. The maximum absolute atomic E-state index is 14.6. The Morgan fingerprint density at radius 3 is 2.62 bits per heavy atom. The van der Waals surface area contributed by atoms with E-state index >= 15 is 0 Å². The fourth-order valence-corrected chi connectivity index (χ4v) is 4.12. The minimum absolute atomic E-state index is 0.221. The number of carbonyl (C=O) groups excluding carboxylic acids is 1. The number of rotatable bonds is 7. The van der Waals surface area contributed by atoms with Crippen LogP contribution in [0.5, 0.6) is 0 Å². The normalized spacial score (nSPS) is 11.4. The zero-order valence-corrected chi connectivity index (χ0v) is 20.6. The largest absolute Gasteiger partial charge is 0.326 e. The molecule has 0 aliphatic rings. The van der Waals surface area contributed by atoms with Crippen LogP contribution in [0.3, 0.4) is 0 Å². The molecule has 0 fully saturated rings. The predicted octanol–water partition coefficient (Wildman–Crippen LogP) is 4.75. The van der Waals surface area contributed by atoms with Crippen molar-refractivity contribution in [3.8, 4) is 28.1 Å². The summed E-state index contributed by atoms with van der Waals surface area (Å²) in [6, 6.07) is 14.4. The maximum atomic E-state index is 14.6. The van der Waals surface area contributed by atoms with Crippen LogP contribution < -0.4 is 5.32 Å². The highest BCUT2D eigenvalue weighted by Gasteiger charge is 2.14. The Morgan fingerprint density at radius 1 is 1.03 bits per heavy atom. The number of benzene rings is 3. The Kier molecular flexibility index (Phi) is 6.49. The highest BCUT2D eigenvalue weighted by molar-refractivity contribution is 5.91. The van der Waals surface area contributed by atoms with E-state index in [2.05, 4.69) is 25.5 Å².